The number of carbonyl (C=O) groups excluding carboxylic acids is 1. The van der Waals surface area contributed by atoms with Crippen molar-refractivity contribution in [2.75, 3.05) is 26.3 Å². The molecular weight excluding hydrogens is 148 g/mol. The highest BCUT2D eigenvalue weighted by atomic mass is 16.5. The number of hydrogen-bond acceptors (Lipinski definition) is 4. The van der Waals surface area contributed by atoms with E-state index in [1.807, 2.05) is 5.43 Å². The van der Waals surface area contributed by atoms with Crippen molar-refractivity contribution in [1.82, 2.24) is 10.7 Å². The van der Waals surface area contributed by atoms with Gasteiger partial charge in [0, 0.05) is 13.1 Å². The van der Waals surface area contributed by atoms with Gasteiger partial charge in [-0.15, -0.1) is 0 Å². The molecule has 0 aromatic rings. The summed E-state index contributed by atoms with van der Waals surface area (Å²) in [5, 5.41) is 2.45. The third-order valence-electron chi connectivity index (χ3n) is 0.925. The number of hydrazine groups is 1. The van der Waals surface area contributed by atoms with Crippen LogP contribution in [-0.4, -0.2) is 32.3 Å². The summed E-state index contributed by atoms with van der Waals surface area (Å²) in [6.45, 7) is 1.88. The van der Waals surface area contributed by atoms with Crippen LogP contribution in [0.4, 0.5) is 4.79 Å². The molecule has 0 saturated heterocycles. The van der Waals surface area contributed by atoms with Crippen molar-refractivity contribution >= 4 is 6.03 Å². The van der Waals surface area contributed by atoms with Crippen molar-refractivity contribution in [2.45, 2.75) is 0 Å². The smallest absolute Gasteiger partial charge is 0.328 e. The van der Waals surface area contributed by atoms with Crippen LogP contribution in [0.3, 0.4) is 0 Å². The number of urea groups is 1. The van der Waals surface area contributed by atoms with Gasteiger partial charge in [0.15, 0.2) is 0 Å². The highest BCUT2D eigenvalue weighted by Crippen LogP contribution is 1.69. The molecule has 0 aliphatic heterocycles. The van der Waals surface area contributed by atoms with E-state index in [9.17, 15) is 4.79 Å². The van der Waals surface area contributed by atoms with Crippen LogP contribution in [0.2, 0.25) is 0 Å². The van der Waals surface area contributed by atoms with Gasteiger partial charge in [0.05, 0.1) is 13.2 Å². The number of amides is 2. The second-order valence-corrected chi connectivity index (χ2v) is 1.80. The summed E-state index contributed by atoms with van der Waals surface area (Å²) >= 11 is 0. The molecule has 0 saturated carbocycles. The molecule has 6 N–H and O–H groups in total. The molecule has 6 nitrogen and oxygen atoms in total. The molecule has 6 heteroatoms. The van der Waals surface area contributed by atoms with Crippen LogP contribution in [-0.2, 0) is 4.74 Å². The fourth-order valence-corrected chi connectivity index (χ4v) is 0.473. The Morgan fingerprint density at radius 3 is 2.73 bits per heavy atom. The van der Waals surface area contributed by atoms with Gasteiger partial charge in [-0.3, -0.25) is 5.43 Å². The Balaban J connectivity index is 2.95. The maximum Gasteiger partial charge on any atom is 0.328 e. The van der Waals surface area contributed by atoms with Gasteiger partial charge in [-0.2, -0.15) is 0 Å². The van der Waals surface area contributed by atoms with Crippen LogP contribution in [0.1, 0.15) is 0 Å². The van der Waals surface area contributed by atoms with Gasteiger partial charge in [-0.25, -0.2) is 10.6 Å². The van der Waals surface area contributed by atoms with Gasteiger partial charge in [0.25, 0.3) is 0 Å². The number of nitrogens with two attached hydrogens (primary N) is 2. The van der Waals surface area contributed by atoms with Crippen LogP contribution in [0.15, 0.2) is 0 Å². The maximum absolute atomic E-state index is 10.4. The average Bonchev–Trinajstić information content (AvgIpc) is 2.04. The van der Waals surface area contributed by atoms with E-state index >= 15 is 0 Å². The molecule has 0 radical (unpaired) electrons. The van der Waals surface area contributed by atoms with Crippen molar-refractivity contribution in [3.8, 4) is 0 Å². The Hall–Kier alpha value is -0.850. The summed E-state index contributed by atoms with van der Waals surface area (Å²) in [6.07, 6.45) is 0. The molecule has 0 atom stereocenters. The average molecular weight is 162 g/mol. The lowest BCUT2D eigenvalue weighted by molar-refractivity contribution is 0.143. The number of rotatable bonds is 5. The fourth-order valence-electron chi connectivity index (χ4n) is 0.473. The highest BCUT2D eigenvalue weighted by Gasteiger charge is 1.93. The van der Waals surface area contributed by atoms with E-state index in [-0.39, 0.29) is 0 Å². The molecule has 0 fully saturated rings. The first-order valence-corrected chi connectivity index (χ1v) is 3.33. The van der Waals surface area contributed by atoms with E-state index in [1.54, 1.807) is 0 Å². The van der Waals surface area contributed by atoms with Gasteiger partial charge in [0.2, 0.25) is 0 Å². The molecule has 0 aromatic carbocycles. The lowest BCUT2D eigenvalue weighted by Crippen LogP contribution is -2.41. The minimum atomic E-state index is -0.415. The first-order chi connectivity index (χ1) is 5.31. The monoisotopic (exact) mass is 162 g/mol. The zero-order valence-electron chi connectivity index (χ0n) is 6.30. The molecule has 0 aromatic heterocycles. The summed E-state index contributed by atoms with van der Waals surface area (Å²) in [5.41, 5.74) is 7.08. The summed E-state index contributed by atoms with van der Waals surface area (Å²) in [4.78, 5) is 10.4. The largest absolute Gasteiger partial charge is 0.378 e. The first-order valence-electron chi connectivity index (χ1n) is 3.33. The van der Waals surface area contributed by atoms with Crippen LogP contribution < -0.4 is 22.3 Å². The molecule has 0 heterocycles. The number of nitrogens with one attached hydrogen (secondary N) is 2. The number of hydrogen-bond donors (Lipinski definition) is 4. The minimum Gasteiger partial charge on any atom is -0.378 e. The molecular formula is C5H14N4O2. The molecule has 2 amide bonds. The van der Waals surface area contributed by atoms with Crippen LogP contribution >= 0.6 is 0 Å². The second kappa shape index (κ2) is 7.26. The van der Waals surface area contributed by atoms with Crippen LogP contribution in [0.5, 0.6) is 0 Å². The van der Waals surface area contributed by atoms with Crippen molar-refractivity contribution < 1.29 is 9.53 Å². The zero-order valence-corrected chi connectivity index (χ0v) is 6.30. The van der Waals surface area contributed by atoms with E-state index in [2.05, 4.69) is 5.32 Å². The maximum atomic E-state index is 10.4. The molecule has 66 valence electrons. The Bertz CT molecular complexity index is 109. The molecule has 0 aliphatic rings. The van der Waals surface area contributed by atoms with E-state index in [0.29, 0.717) is 26.3 Å². The highest BCUT2D eigenvalue weighted by molar-refractivity contribution is 5.72. The van der Waals surface area contributed by atoms with Gasteiger partial charge in [0.1, 0.15) is 0 Å². The van der Waals surface area contributed by atoms with E-state index in [4.69, 9.17) is 16.3 Å². The Morgan fingerprint density at radius 2 is 2.18 bits per heavy atom. The minimum absolute atomic E-state index is 0.415. The fraction of sp³-hybridized carbons (Fsp3) is 0.800. The third-order valence-corrected chi connectivity index (χ3v) is 0.925. The van der Waals surface area contributed by atoms with Crippen molar-refractivity contribution in [3.63, 3.8) is 0 Å². The van der Waals surface area contributed by atoms with E-state index < -0.39 is 6.03 Å². The standard InChI is InChI=1S/C5H14N4O2/c6-1-3-11-4-2-8-5(10)9-7/h1-4,6-7H2,(H2,8,9,10). The van der Waals surface area contributed by atoms with Gasteiger partial charge in [-0.1, -0.05) is 0 Å². The third kappa shape index (κ3) is 7.04. The quantitative estimate of drug-likeness (QED) is 0.165. The van der Waals surface area contributed by atoms with Crippen LogP contribution in [0, 0.1) is 0 Å². The molecule has 0 rings (SSSR count). The molecule has 0 spiro atoms. The molecule has 0 aliphatic carbocycles. The predicted molar refractivity (Wildman–Crippen MR) is 40.6 cm³/mol. The molecule has 0 bridgehead atoms. The zero-order chi connectivity index (χ0) is 8.53. The van der Waals surface area contributed by atoms with Crippen molar-refractivity contribution in [1.29, 1.82) is 0 Å². The summed E-state index contributed by atoms with van der Waals surface area (Å²) in [5.74, 6) is 4.79. The predicted octanol–water partition coefficient (Wildman–Crippen LogP) is -1.87. The van der Waals surface area contributed by atoms with Crippen molar-refractivity contribution in [3.05, 3.63) is 0 Å². The molecule has 11 heavy (non-hydrogen) atoms. The second-order valence-electron chi connectivity index (χ2n) is 1.80. The normalized spacial score (nSPS) is 9.27. The summed E-state index contributed by atoms with van der Waals surface area (Å²) in [7, 11) is 0. The SMILES string of the molecule is NCCOCCNC(=O)NN. The lowest BCUT2D eigenvalue weighted by atomic mass is 10.6. The van der Waals surface area contributed by atoms with Gasteiger partial charge < -0.3 is 15.8 Å². The van der Waals surface area contributed by atoms with E-state index in [1.165, 1.54) is 0 Å². The van der Waals surface area contributed by atoms with Crippen LogP contribution in [0.25, 0.3) is 0 Å². The number of carbonyl (C=O) groups is 1. The summed E-state index contributed by atoms with van der Waals surface area (Å²) < 4.78 is 4.97. The Morgan fingerprint density at radius 1 is 1.45 bits per heavy atom. The lowest BCUT2D eigenvalue weighted by Gasteiger charge is -2.03. The molecule has 0 unspecified atom stereocenters. The van der Waals surface area contributed by atoms with E-state index in [0.717, 1.165) is 0 Å². The van der Waals surface area contributed by atoms with Gasteiger partial charge >= 0.3 is 6.03 Å². The number of ether oxygens (including phenoxy) is 1. The van der Waals surface area contributed by atoms with Gasteiger partial charge in [-0.05, 0) is 0 Å². The summed E-state index contributed by atoms with van der Waals surface area (Å²) in [6, 6.07) is -0.415. The Labute approximate surface area is 65.2 Å². The Kier molecular flexibility index (Phi) is 6.70. The topological polar surface area (TPSA) is 102 Å². The van der Waals surface area contributed by atoms with Crippen molar-refractivity contribution in [2.24, 2.45) is 11.6 Å². The first kappa shape index (κ1) is 10.2.